The van der Waals surface area contributed by atoms with E-state index in [0.717, 1.165) is 37.8 Å². The van der Waals surface area contributed by atoms with Gasteiger partial charge in [0.15, 0.2) is 0 Å². The van der Waals surface area contributed by atoms with Crippen LogP contribution in [0.4, 0.5) is 13.2 Å². The van der Waals surface area contributed by atoms with Crippen molar-refractivity contribution in [2.75, 3.05) is 7.05 Å². The van der Waals surface area contributed by atoms with E-state index in [2.05, 4.69) is 11.9 Å². The molecule has 1 aromatic carbocycles. The highest BCUT2D eigenvalue weighted by atomic mass is 19.1. The first-order valence-electron chi connectivity index (χ1n) is 6.52. The molecule has 0 saturated carbocycles. The summed E-state index contributed by atoms with van der Waals surface area (Å²) in [5.74, 6) is -2.55. The summed E-state index contributed by atoms with van der Waals surface area (Å²) in [6, 6.07) is 1.02. The van der Waals surface area contributed by atoms with Gasteiger partial charge in [0.2, 0.25) is 0 Å². The predicted molar refractivity (Wildman–Crippen MR) is 71.4 cm³/mol. The van der Waals surface area contributed by atoms with Crippen molar-refractivity contribution in [1.82, 2.24) is 5.32 Å². The normalized spacial score (nSPS) is 12.4. The third-order valence-electron chi connectivity index (χ3n) is 3.14. The molecule has 0 aliphatic heterocycles. The summed E-state index contributed by atoms with van der Waals surface area (Å²) in [6.45, 7) is 3.64. The quantitative estimate of drug-likeness (QED) is 0.542. The molecule has 0 spiro atoms. The molecule has 0 radical (unpaired) electrons. The van der Waals surface area contributed by atoms with Gasteiger partial charge < -0.3 is 5.32 Å². The van der Waals surface area contributed by atoms with E-state index < -0.39 is 23.5 Å². The Morgan fingerprint density at radius 3 is 2.32 bits per heavy atom. The minimum absolute atomic E-state index is 0.0763. The van der Waals surface area contributed by atoms with Gasteiger partial charge in [0.25, 0.3) is 0 Å². The van der Waals surface area contributed by atoms with Gasteiger partial charge in [-0.3, -0.25) is 0 Å². The van der Waals surface area contributed by atoms with E-state index in [1.54, 1.807) is 7.05 Å². The van der Waals surface area contributed by atoms with Crippen molar-refractivity contribution in [3.63, 3.8) is 0 Å². The highest BCUT2D eigenvalue weighted by Crippen LogP contribution is 2.26. The molecule has 0 aliphatic carbocycles. The van der Waals surface area contributed by atoms with Gasteiger partial charge in [-0.1, -0.05) is 18.9 Å². The van der Waals surface area contributed by atoms with Crippen molar-refractivity contribution in [2.24, 2.45) is 0 Å². The lowest BCUT2D eigenvalue weighted by atomic mass is 9.99. The van der Waals surface area contributed by atoms with Crippen LogP contribution in [0, 0.1) is 17.5 Å². The largest absolute Gasteiger partial charge is 0.313 e. The molecule has 0 bridgehead atoms. The second-order valence-corrected chi connectivity index (χ2v) is 4.55. The Morgan fingerprint density at radius 1 is 1.16 bits per heavy atom. The molecule has 0 amide bonds. The summed E-state index contributed by atoms with van der Waals surface area (Å²) in [5, 5.41) is 2.89. The Hall–Kier alpha value is -1.29. The van der Waals surface area contributed by atoms with Crippen molar-refractivity contribution in [1.29, 1.82) is 0 Å². The molecule has 1 rings (SSSR count). The molecule has 0 saturated heterocycles. The second kappa shape index (κ2) is 8.00. The average molecular weight is 271 g/mol. The lowest BCUT2D eigenvalue weighted by molar-refractivity contribution is 0.446. The van der Waals surface area contributed by atoms with Gasteiger partial charge in [-0.25, -0.2) is 13.2 Å². The Bertz CT molecular complexity index is 395. The summed E-state index contributed by atoms with van der Waals surface area (Å²) in [5.41, 5.74) is -0.0763. The van der Waals surface area contributed by atoms with Crippen LogP contribution in [0.25, 0.3) is 0 Å². The first kappa shape index (κ1) is 15.8. The number of rotatable bonds is 8. The van der Waals surface area contributed by atoms with Crippen molar-refractivity contribution < 1.29 is 13.2 Å². The van der Waals surface area contributed by atoms with Crippen molar-refractivity contribution >= 4 is 0 Å². The lowest BCUT2D eigenvalue weighted by Crippen LogP contribution is -2.19. The number of halogens is 3. The Labute approximate surface area is 112 Å². The van der Waals surface area contributed by atoms with Crippen LogP contribution in [-0.4, -0.2) is 7.05 Å². The molecule has 1 atom stereocenters. The summed E-state index contributed by atoms with van der Waals surface area (Å²) < 4.78 is 40.1. The maximum atomic E-state index is 13.6. The van der Waals surface area contributed by atoms with Crippen LogP contribution in [0.5, 0.6) is 0 Å². The fourth-order valence-corrected chi connectivity index (χ4v) is 2.13. The van der Waals surface area contributed by atoms with Crippen LogP contribution in [-0.2, 0) is 0 Å². The van der Waals surface area contributed by atoms with Crippen LogP contribution in [0.2, 0.25) is 0 Å². The first-order valence-corrected chi connectivity index (χ1v) is 6.52. The van der Waals surface area contributed by atoms with Crippen LogP contribution in [0.3, 0.4) is 0 Å². The Kier molecular flexibility index (Phi) is 6.64. The first-order chi connectivity index (χ1) is 9.10. The highest BCUT2D eigenvalue weighted by molar-refractivity contribution is 5.24. The summed E-state index contributed by atoms with van der Waals surface area (Å²) in [6.07, 6.45) is 6.28. The smallest absolute Gasteiger partial charge is 0.133 e. The lowest BCUT2D eigenvalue weighted by Gasteiger charge is -2.18. The maximum absolute atomic E-state index is 13.6. The molecule has 106 valence electrons. The number of unbranched alkanes of at least 4 members (excludes halogenated alkanes) is 3. The third-order valence-corrected chi connectivity index (χ3v) is 3.14. The molecular formula is C15H20F3N. The number of benzene rings is 1. The van der Waals surface area contributed by atoms with E-state index >= 15 is 0 Å². The minimum atomic E-state index is -0.889. The van der Waals surface area contributed by atoms with E-state index in [-0.39, 0.29) is 5.56 Å². The fraction of sp³-hybridized carbons (Fsp3) is 0.467. The Balaban J connectivity index is 2.67. The Morgan fingerprint density at radius 2 is 1.79 bits per heavy atom. The molecule has 1 nitrogen and oxygen atoms in total. The zero-order valence-electron chi connectivity index (χ0n) is 11.2. The second-order valence-electron chi connectivity index (χ2n) is 4.55. The van der Waals surface area contributed by atoms with Crippen LogP contribution in [0.15, 0.2) is 24.8 Å². The zero-order chi connectivity index (χ0) is 14.3. The van der Waals surface area contributed by atoms with Gasteiger partial charge in [0.1, 0.15) is 17.5 Å². The van der Waals surface area contributed by atoms with Crippen molar-refractivity contribution in [3.05, 3.63) is 47.8 Å². The SMILES string of the molecule is C=CCCCCCC(NC)c1c(F)cc(F)cc1F. The molecule has 0 heterocycles. The van der Waals surface area contributed by atoms with Gasteiger partial charge in [0, 0.05) is 23.7 Å². The maximum Gasteiger partial charge on any atom is 0.133 e. The molecule has 1 unspecified atom stereocenters. The molecule has 4 heteroatoms. The van der Waals surface area contributed by atoms with E-state index in [1.165, 1.54) is 0 Å². The van der Waals surface area contributed by atoms with Gasteiger partial charge in [-0.05, 0) is 26.3 Å². The van der Waals surface area contributed by atoms with Crippen molar-refractivity contribution in [2.45, 2.75) is 38.1 Å². The molecule has 1 aromatic rings. The highest BCUT2D eigenvalue weighted by Gasteiger charge is 2.19. The standard InChI is InChI=1S/C15H20F3N/c1-3-4-5-6-7-8-14(19-2)15-12(17)9-11(16)10-13(15)18/h3,9-10,14,19H,1,4-8H2,2H3. The third kappa shape index (κ3) is 4.71. The van der Waals surface area contributed by atoms with Crippen molar-refractivity contribution in [3.8, 4) is 0 Å². The van der Waals surface area contributed by atoms with Crippen LogP contribution < -0.4 is 5.32 Å². The molecule has 0 fully saturated rings. The molecule has 0 aromatic heterocycles. The summed E-state index contributed by atoms with van der Waals surface area (Å²) in [4.78, 5) is 0. The van der Waals surface area contributed by atoms with E-state index in [9.17, 15) is 13.2 Å². The van der Waals surface area contributed by atoms with Crippen LogP contribution in [0.1, 0.15) is 43.7 Å². The topological polar surface area (TPSA) is 12.0 Å². The molecular weight excluding hydrogens is 251 g/mol. The number of hydrogen-bond donors (Lipinski definition) is 1. The minimum Gasteiger partial charge on any atom is -0.313 e. The monoisotopic (exact) mass is 271 g/mol. The zero-order valence-corrected chi connectivity index (χ0v) is 11.2. The van der Waals surface area contributed by atoms with Gasteiger partial charge in [-0.2, -0.15) is 0 Å². The van der Waals surface area contributed by atoms with Crippen LogP contribution >= 0.6 is 0 Å². The van der Waals surface area contributed by atoms with Gasteiger partial charge in [0.05, 0.1) is 0 Å². The van der Waals surface area contributed by atoms with E-state index in [0.29, 0.717) is 6.42 Å². The van der Waals surface area contributed by atoms with E-state index in [4.69, 9.17) is 0 Å². The number of allylic oxidation sites excluding steroid dienone is 1. The number of hydrogen-bond acceptors (Lipinski definition) is 1. The fourth-order valence-electron chi connectivity index (χ4n) is 2.13. The average Bonchev–Trinajstić information content (AvgIpc) is 2.35. The number of nitrogens with one attached hydrogen (secondary N) is 1. The molecule has 1 N–H and O–H groups in total. The van der Waals surface area contributed by atoms with E-state index in [1.807, 2.05) is 6.08 Å². The molecule has 0 aliphatic rings. The van der Waals surface area contributed by atoms with Gasteiger partial charge >= 0.3 is 0 Å². The summed E-state index contributed by atoms with van der Waals surface area (Å²) in [7, 11) is 1.65. The van der Waals surface area contributed by atoms with Gasteiger partial charge in [-0.15, -0.1) is 6.58 Å². The molecule has 19 heavy (non-hydrogen) atoms. The summed E-state index contributed by atoms with van der Waals surface area (Å²) >= 11 is 0. The predicted octanol–water partition coefficient (Wildman–Crippen LogP) is 4.50.